The highest BCUT2D eigenvalue weighted by atomic mass is 32.1. The van der Waals surface area contributed by atoms with Crippen LogP contribution in [0.15, 0.2) is 35.7 Å². The minimum absolute atomic E-state index is 0.0360. The predicted octanol–water partition coefficient (Wildman–Crippen LogP) is 3.22. The lowest BCUT2D eigenvalue weighted by Gasteiger charge is -2.27. The van der Waals surface area contributed by atoms with Crippen molar-refractivity contribution in [3.63, 3.8) is 0 Å². The minimum Gasteiger partial charge on any atom is -0.354 e. The zero-order valence-electron chi connectivity index (χ0n) is 13.6. The number of aryl methyl sites for hydroxylation is 1. The van der Waals surface area contributed by atoms with Gasteiger partial charge >= 0.3 is 0 Å². The summed E-state index contributed by atoms with van der Waals surface area (Å²) in [4.78, 5) is 28.3. The predicted molar refractivity (Wildman–Crippen MR) is 95.1 cm³/mol. The van der Waals surface area contributed by atoms with Crippen LogP contribution in [0.25, 0.3) is 11.1 Å². The molecule has 24 heavy (non-hydrogen) atoms. The van der Waals surface area contributed by atoms with Crippen LogP contribution in [0.5, 0.6) is 0 Å². The minimum atomic E-state index is 0.0360. The molecule has 0 unspecified atom stereocenters. The molecule has 2 aliphatic heterocycles. The highest BCUT2D eigenvalue weighted by Gasteiger charge is 2.41. The highest BCUT2D eigenvalue weighted by molar-refractivity contribution is 7.10. The molecular weight excluding hydrogens is 320 g/mol. The van der Waals surface area contributed by atoms with Crippen molar-refractivity contribution in [3.05, 3.63) is 46.2 Å². The van der Waals surface area contributed by atoms with Gasteiger partial charge in [-0.25, -0.2) is 0 Å². The van der Waals surface area contributed by atoms with E-state index in [1.807, 2.05) is 40.6 Å². The topological polar surface area (TPSA) is 49.4 Å². The van der Waals surface area contributed by atoms with Crippen molar-refractivity contribution < 1.29 is 9.59 Å². The fourth-order valence-electron chi connectivity index (χ4n) is 3.93. The molecule has 1 aromatic heterocycles. The van der Waals surface area contributed by atoms with Crippen molar-refractivity contribution in [1.82, 2.24) is 10.2 Å². The van der Waals surface area contributed by atoms with Gasteiger partial charge in [0, 0.05) is 40.9 Å². The maximum Gasteiger partial charge on any atom is 0.255 e. The largest absolute Gasteiger partial charge is 0.354 e. The number of nitrogens with zero attached hydrogens (tertiary/aromatic N) is 1. The summed E-state index contributed by atoms with van der Waals surface area (Å²) >= 11 is 1.62. The molecule has 2 atom stereocenters. The van der Waals surface area contributed by atoms with E-state index in [1.54, 1.807) is 11.3 Å². The molecule has 1 N–H and O–H groups in total. The van der Waals surface area contributed by atoms with Gasteiger partial charge in [0.05, 0.1) is 5.56 Å². The summed E-state index contributed by atoms with van der Waals surface area (Å²) in [5, 5.41) is 4.91. The lowest BCUT2D eigenvalue weighted by atomic mass is 10.0. The van der Waals surface area contributed by atoms with Gasteiger partial charge in [0.15, 0.2) is 0 Å². The fraction of sp³-hybridized carbons (Fsp3) is 0.368. The third-order valence-corrected chi connectivity index (χ3v) is 5.99. The molecule has 0 saturated carbocycles. The first-order valence-electron chi connectivity index (χ1n) is 8.38. The summed E-state index contributed by atoms with van der Waals surface area (Å²) in [6, 6.07) is 10.2. The Kier molecular flexibility index (Phi) is 3.88. The fourth-order valence-corrected chi connectivity index (χ4v) is 4.79. The lowest BCUT2D eigenvalue weighted by Crippen LogP contribution is -2.42. The maximum atomic E-state index is 13.3. The van der Waals surface area contributed by atoms with E-state index >= 15 is 0 Å². The molecule has 3 heterocycles. The van der Waals surface area contributed by atoms with Crippen LogP contribution in [-0.4, -0.2) is 35.3 Å². The number of carbonyl (C=O) groups excluding carboxylic acids is 2. The van der Waals surface area contributed by atoms with E-state index in [0.717, 1.165) is 34.4 Å². The van der Waals surface area contributed by atoms with Crippen molar-refractivity contribution in [2.45, 2.75) is 38.3 Å². The van der Waals surface area contributed by atoms with Gasteiger partial charge in [0.1, 0.15) is 0 Å². The number of nitrogens with one attached hydrogen (secondary N) is 1. The van der Waals surface area contributed by atoms with Crippen LogP contribution in [0.3, 0.4) is 0 Å². The SMILES string of the molecule is Cc1scc(C(=O)N2[C@@H]3CC[C@H]2CNC(=O)C3)c1-c1ccccc1. The first kappa shape index (κ1) is 15.4. The first-order chi connectivity index (χ1) is 11.6. The number of benzene rings is 1. The molecule has 0 spiro atoms. The smallest absolute Gasteiger partial charge is 0.255 e. The molecule has 124 valence electrons. The van der Waals surface area contributed by atoms with E-state index in [1.165, 1.54) is 0 Å². The van der Waals surface area contributed by atoms with Crippen molar-refractivity contribution in [1.29, 1.82) is 0 Å². The average Bonchev–Trinajstić information content (AvgIpc) is 3.11. The van der Waals surface area contributed by atoms with Crippen molar-refractivity contribution in [3.8, 4) is 11.1 Å². The molecular formula is C19H20N2O2S. The molecule has 4 nitrogen and oxygen atoms in total. The normalized spacial score (nSPS) is 23.0. The number of hydrogen-bond donors (Lipinski definition) is 1. The molecule has 2 saturated heterocycles. The van der Waals surface area contributed by atoms with Crippen LogP contribution in [0.2, 0.25) is 0 Å². The van der Waals surface area contributed by atoms with Crippen molar-refractivity contribution >= 4 is 23.2 Å². The number of rotatable bonds is 2. The van der Waals surface area contributed by atoms with E-state index in [2.05, 4.69) is 12.2 Å². The van der Waals surface area contributed by atoms with Crippen molar-refractivity contribution in [2.24, 2.45) is 0 Å². The van der Waals surface area contributed by atoms with Crippen LogP contribution < -0.4 is 5.32 Å². The Labute approximate surface area is 145 Å². The zero-order valence-corrected chi connectivity index (χ0v) is 14.4. The summed E-state index contributed by atoms with van der Waals surface area (Å²) < 4.78 is 0. The van der Waals surface area contributed by atoms with Gasteiger partial charge in [-0.05, 0) is 25.3 Å². The summed E-state index contributed by atoms with van der Waals surface area (Å²) in [5.41, 5.74) is 2.89. The summed E-state index contributed by atoms with van der Waals surface area (Å²) in [5.74, 6) is 0.131. The van der Waals surface area contributed by atoms with E-state index in [9.17, 15) is 9.59 Å². The van der Waals surface area contributed by atoms with Gasteiger partial charge in [0.2, 0.25) is 5.91 Å². The zero-order chi connectivity index (χ0) is 16.7. The van der Waals surface area contributed by atoms with Gasteiger partial charge in [-0.3, -0.25) is 9.59 Å². The van der Waals surface area contributed by atoms with Gasteiger partial charge in [-0.1, -0.05) is 30.3 Å². The highest BCUT2D eigenvalue weighted by Crippen LogP contribution is 2.36. The second-order valence-electron chi connectivity index (χ2n) is 6.55. The van der Waals surface area contributed by atoms with Crippen LogP contribution in [0.1, 0.15) is 34.5 Å². The first-order valence-corrected chi connectivity index (χ1v) is 9.26. The van der Waals surface area contributed by atoms with Gasteiger partial charge in [-0.15, -0.1) is 11.3 Å². The van der Waals surface area contributed by atoms with E-state index in [4.69, 9.17) is 0 Å². The number of amides is 2. The monoisotopic (exact) mass is 340 g/mol. The van der Waals surface area contributed by atoms with E-state index in [0.29, 0.717) is 13.0 Å². The number of hydrogen-bond acceptors (Lipinski definition) is 3. The Morgan fingerprint density at radius 3 is 2.75 bits per heavy atom. The Bertz CT molecular complexity index is 784. The summed E-state index contributed by atoms with van der Waals surface area (Å²) in [6.07, 6.45) is 2.32. The van der Waals surface area contributed by atoms with Crippen LogP contribution in [0.4, 0.5) is 0 Å². The number of thiophene rings is 1. The Balaban J connectivity index is 1.72. The average molecular weight is 340 g/mol. The standard InChI is InChI=1S/C19H20N2O2S/c1-12-18(13-5-3-2-4-6-13)16(11-24-12)19(23)21-14-7-8-15(21)10-20-17(22)9-14/h2-6,11,14-15H,7-10H2,1H3,(H,20,22)/t14-,15+/m1/s1. The third kappa shape index (κ3) is 2.53. The Morgan fingerprint density at radius 2 is 1.96 bits per heavy atom. The molecule has 5 heteroatoms. The molecule has 1 aromatic carbocycles. The molecule has 2 aromatic rings. The summed E-state index contributed by atoms with van der Waals surface area (Å²) in [6.45, 7) is 2.64. The second-order valence-corrected chi connectivity index (χ2v) is 7.64. The number of carbonyl (C=O) groups is 2. The van der Waals surface area contributed by atoms with Gasteiger partial charge in [-0.2, -0.15) is 0 Å². The molecule has 4 rings (SSSR count). The number of fused-ring (bicyclic) bond motifs is 2. The summed E-state index contributed by atoms with van der Waals surface area (Å²) in [7, 11) is 0. The van der Waals surface area contributed by atoms with E-state index in [-0.39, 0.29) is 23.9 Å². The quantitative estimate of drug-likeness (QED) is 0.912. The van der Waals surface area contributed by atoms with Crippen LogP contribution in [0, 0.1) is 6.92 Å². The Hall–Kier alpha value is -2.14. The van der Waals surface area contributed by atoms with E-state index < -0.39 is 0 Å². The van der Waals surface area contributed by atoms with Crippen LogP contribution in [-0.2, 0) is 4.79 Å². The maximum absolute atomic E-state index is 13.3. The van der Waals surface area contributed by atoms with Gasteiger partial charge < -0.3 is 10.2 Å². The third-order valence-electron chi connectivity index (χ3n) is 5.08. The van der Waals surface area contributed by atoms with Crippen molar-refractivity contribution in [2.75, 3.05) is 6.54 Å². The Morgan fingerprint density at radius 1 is 1.21 bits per heavy atom. The van der Waals surface area contributed by atoms with Gasteiger partial charge in [0.25, 0.3) is 5.91 Å². The molecule has 0 aliphatic carbocycles. The van der Waals surface area contributed by atoms with Crippen LogP contribution >= 0.6 is 11.3 Å². The molecule has 0 radical (unpaired) electrons. The molecule has 2 aliphatic rings. The molecule has 2 bridgehead atoms. The molecule has 2 amide bonds. The molecule has 2 fully saturated rings. The lowest BCUT2D eigenvalue weighted by molar-refractivity contribution is -0.121. The second kappa shape index (κ2) is 6.06.